The van der Waals surface area contributed by atoms with Crippen LogP contribution >= 0.6 is 35.3 Å². The van der Waals surface area contributed by atoms with E-state index in [1.165, 1.54) is 12.1 Å². The zero-order chi connectivity index (χ0) is 21.3. The van der Waals surface area contributed by atoms with Crippen molar-refractivity contribution in [2.45, 2.75) is 32.5 Å². The number of nitrogens with one attached hydrogen (secondary N) is 2. The van der Waals surface area contributed by atoms with Crippen LogP contribution in [0.3, 0.4) is 0 Å². The zero-order valence-electron chi connectivity index (χ0n) is 16.7. The summed E-state index contributed by atoms with van der Waals surface area (Å²) in [5, 5.41) is 19.3. The number of ether oxygens (including phenoxy) is 1. The molecule has 2 aromatic rings. The monoisotopic (exact) mass is 558 g/mol. The van der Waals surface area contributed by atoms with Crippen molar-refractivity contribution in [2.24, 2.45) is 4.99 Å². The van der Waals surface area contributed by atoms with Gasteiger partial charge < -0.3 is 20.5 Å². The van der Waals surface area contributed by atoms with Crippen molar-refractivity contribution in [3.05, 3.63) is 45.9 Å². The smallest absolute Gasteiger partial charge is 0.416 e. The van der Waals surface area contributed by atoms with Crippen molar-refractivity contribution in [1.29, 1.82) is 0 Å². The van der Waals surface area contributed by atoms with E-state index in [-0.39, 0.29) is 42.9 Å². The number of hydrogen-bond acceptors (Lipinski definition) is 5. The predicted molar refractivity (Wildman–Crippen MR) is 123 cm³/mol. The molecule has 0 saturated heterocycles. The van der Waals surface area contributed by atoms with E-state index in [4.69, 9.17) is 4.74 Å². The Hall–Kier alpha value is -1.60. The topological polar surface area (TPSA) is 78.8 Å². The summed E-state index contributed by atoms with van der Waals surface area (Å²) >= 11 is 1.60. The molecule has 6 nitrogen and oxygen atoms in total. The maximum atomic E-state index is 12.7. The SMILES string of the molecule is CCNC(=NCC(O)COc1cccc(C(F)(F)F)c1)NCCc1csc(C)n1.I. The fourth-order valence-electron chi connectivity index (χ4n) is 2.38. The molecule has 0 saturated carbocycles. The van der Waals surface area contributed by atoms with Crippen LogP contribution in [0.15, 0.2) is 34.6 Å². The molecule has 3 N–H and O–H groups in total. The number of aliphatic hydroxyl groups is 1. The highest BCUT2D eigenvalue weighted by atomic mass is 127. The second kappa shape index (κ2) is 13.0. The number of aromatic nitrogens is 1. The Morgan fingerprint density at radius 2 is 2.10 bits per heavy atom. The van der Waals surface area contributed by atoms with Crippen molar-refractivity contribution in [3.8, 4) is 5.75 Å². The summed E-state index contributed by atoms with van der Waals surface area (Å²) in [6.07, 6.45) is -4.65. The Kier molecular flexibility index (Phi) is 11.4. The van der Waals surface area contributed by atoms with Crippen molar-refractivity contribution in [2.75, 3.05) is 26.2 Å². The Morgan fingerprint density at radius 1 is 1.33 bits per heavy atom. The molecule has 0 aliphatic heterocycles. The van der Waals surface area contributed by atoms with Gasteiger partial charge in [0.2, 0.25) is 0 Å². The van der Waals surface area contributed by atoms with Crippen molar-refractivity contribution < 1.29 is 23.0 Å². The summed E-state index contributed by atoms with van der Waals surface area (Å²) in [6.45, 7) is 5.04. The predicted octanol–water partition coefficient (Wildman–Crippen LogP) is 3.63. The minimum Gasteiger partial charge on any atom is -0.491 e. The second-order valence-corrected chi connectivity index (χ2v) is 7.31. The molecule has 1 atom stereocenters. The second-order valence-electron chi connectivity index (χ2n) is 6.24. The third kappa shape index (κ3) is 9.47. The number of aryl methyl sites for hydroxylation is 1. The minimum absolute atomic E-state index is 0. The van der Waals surface area contributed by atoms with E-state index in [2.05, 4.69) is 20.6 Å². The van der Waals surface area contributed by atoms with E-state index < -0.39 is 17.8 Å². The van der Waals surface area contributed by atoms with Gasteiger partial charge in [0, 0.05) is 24.9 Å². The molecule has 0 bridgehead atoms. The van der Waals surface area contributed by atoms with Gasteiger partial charge in [-0.3, -0.25) is 4.99 Å². The molecule has 1 unspecified atom stereocenters. The molecule has 1 aromatic heterocycles. The van der Waals surface area contributed by atoms with Crippen LogP contribution in [0, 0.1) is 6.92 Å². The summed E-state index contributed by atoms with van der Waals surface area (Å²) in [5.41, 5.74) is 0.210. The number of hydrogen-bond donors (Lipinski definition) is 3. The van der Waals surface area contributed by atoms with Gasteiger partial charge in [0.25, 0.3) is 0 Å². The fraction of sp³-hybridized carbons (Fsp3) is 0.474. The largest absolute Gasteiger partial charge is 0.491 e. The summed E-state index contributed by atoms with van der Waals surface area (Å²) < 4.78 is 43.4. The first-order chi connectivity index (χ1) is 13.8. The van der Waals surface area contributed by atoms with Crippen LogP contribution in [0.1, 0.15) is 23.2 Å². The van der Waals surface area contributed by atoms with Gasteiger partial charge >= 0.3 is 6.18 Å². The van der Waals surface area contributed by atoms with E-state index >= 15 is 0 Å². The first-order valence-corrected chi connectivity index (χ1v) is 10.1. The van der Waals surface area contributed by atoms with E-state index in [0.717, 1.165) is 29.3 Å². The summed E-state index contributed by atoms with van der Waals surface area (Å²) in [5.74, 6) is 0.587. The fourth-order valence-corrected chi connectivity index (χ4v) is 3.02. The lowest BCUT2D eigenvalue weighted by atomic mass is 10.2. The van der Waals surface area contributed by atoms with Gasteiger partial charge in [-0.05, 0) is 32.0 Å². The van der Waals surface area contributed by atoms with Crippen LogP contribution in [-0.2, 0) is 12.6 Å². The Labute approximate surface area is 195 Å². The normalized spacial score (nSPS) is 12.8. The molecule has 11 heteroatoms. The third-order valence-electron chi connectivity index (χ3n) is 3.75. The molecular formula is C19H26F3IN4O2S. The Balaban J connectivity index is 0.00000450. The molecule has 0 fully saturated rings. The maximum absolute atomic E-state index is 12.7. The number of aliphatic hydroxyl groups excluding tert-OH is 1. The molecule has 1 aromatic carbocycles. The van der Waals surface area contributed by atoms with Crippen molar-refractivity contribution in [3.63, 3.8) is 0 Å². The highest BCUT2D eigenvalue weighted by Gasteiger charge is 2.30. The average molecular weight is 558 g/mol. The van der Waals surface area contributed by atoms with Gasteiger partial charge in [0.1, 0.15) is 18.5 Å². The van der Waals surface area contributed by atoms with Gasteiger partial charge in [-0.2, -0.15) is 13.2 Å². The quantitative estimate of drug-likeness (QED) is 0.249. The highest BCUT2D eigenvalue weighted by Crippen LogP contribution is 2.31. The molecule has 168 valence electrons. The third-order valence-corrected chi connectivity index (χ3v) is 4.57. The lowest BCUT2D eigenvalue weighted by Gasteiger charge is -2.14. The van der Waals surface area contributed by atoms with Gasteiger partial charge in [-0.15, -0.1) is 35.3 Å². The zero-order valence-corrected chi connectivity index (χ0v) is 19.8. The number of nitrogens with zero attached hydrogens (tertiary/aromatic N) is 2. The van der Waals surface area contributed by atoms with E-state index in [9.17, 15) is 18.3 Å². The van der Waals surface area contributed by atoms with Gasteiger partial charge in [-0.25, -0.2) is 4.98 Å². The van der Waals surface area contributed by atoms with Crippen LogP contribution in [-0.4, -0.2) is 48.4 Å². The average Bonchev–Trinajstić information content (AvgIpc) is 3.09. The molecule has 0 aliphatic carbocycles. The van der Waals surface area contributed by atoms with Crippen molar-refractivity contribution >= 4 is 41.3 Å². The Bertz CT molecular complexity index is 802. The summed E-state index contributed by atoms with van der Waals surface area (Å²) in [6, 6.07) is 4.55. The number of aliphatic imine (C=N–C) groups is 1. The Morgan fingerprint density at radius 3 is 2.73 bits per heavy atom. The summed E-state index contributed by atoms with van der Waals surface area (Å²) in [4.78, 5) is 8.68. The molecule has 2 rings (SSSR count). The lowest BCUT2D eigenvalue weighted by Crippen LogP contribution is -2.39. The van der Waals surface area contributed by atoms with E-state index in [1.807, 2.05) is 19.2 Å². The molecule has 0 spiro atoms. The van der Waals surface area contributed by atoms with E-state index in [0.29, 0.717) is 19.0 Å². The van der Waals surface area contributed by atoms with E-state index in [1.54, 1.807) is 11.3 Å². The van der Waals surface area contributed by atoms with Crippen LogP contribution in [0.2, 0.25) is 0 Å². The lowest BCUT2D eigenvalue weighted by molar-refractivity contribution is -0.137. The van der Waals surface area contributed by atoms with Crippen LogP contribution in [0.25, 0.3) is 0 Å². The number of rotatable bonds is 9. The number of alkyl halides is 3. The van der Waals surface area contributed by atoms with Crippen LogP contribution in [0.5, 0.6) is 5.75 Å². The van der Waals surface area contributed by atoms with Gasteiger partial charge in [-0.1, -0.05) is 6.07 Å². The highest BCUT2D eigenvalue weighted by molar-refractivity contribution is 14.0. The van der Waals surface area contributed by atoms with Gasteiger partial charge in [0.15, 0.2) is 5.96 Å². The number of halogens is 4. The molecule has 0 amide bonds. The minimum atomic E-state index is -4.44. The molecular weight excluding hydrogens is 532 g/mol. The molecule has 30 heavy (non-hydrogen) atoms. The number of benzene rings is 1. The van der Waals surface area contributed by atoms with Crippen LogP contribution in [0.4, 0.5) is 13.2 Å². The number of thiazole rings is 1. The van der Waals surface area contributed by atoms with Gasteiger partial charge in [0.05, 0.1) is 22.8 Å². The number of guanidine groups is 1. The standard InChI is InChI=1S/C19H25F3N4O2S.HI/c1-3-23-18(24-8-7-15-12-29-13(2)26-15)25-10-16(27)11-28-17-6-4-5-14(9-17)19(20,21)22;/h4-6,9,12,16,27H,3,7-8,10-11H2,1-2H3,(H2,23,24,25);1H. The molecule has 0 aliphatic rings. The first-order valence-electron chi connectivity index (χ1n) is 9.19. The maximum Gasteiger partial charge on any atom is 0.416 e. The summed E-state index contributed by atoms with van der Waals surface area (Å²) in [7, 11) is 0. The van der Waals surface area contributed by atoms with Crippen molar-refractivity contribution in [1.82, 2.24) is 15.6 Å². The molecule has 1 heterocycles. The molecule has 0 radical (unpaired) electrons. The van der Waals surface area contributed by atoms with Crippen LogP contribution < -0.4 is 15.4 Å². The first kappa shape index (κ1) is 26.4.